The minimum atomic E-state index is 0.551. The van der Waals surface area contributed by atoms with E-state index in [0.717, 1.165) is 28.2 Å². The minimum absolute atomic E-state index is 0.551. The summed E-state index contributed by atoms with van der Waals surface area (Å²) in [5.74, 6) is 1.02. The molecule has 1 fully saturated rings. The molecule has 4 nitrogen and oxygen atoms in total. The fourth-order valence-corrected chi connectivity index (χ4v) is 2.69. The van der Waals surface area contributed by atoms with Crippen molar-refractivity contribution in [3.8, 4) is 11.4 Å². The highest BCUT2D eigenvalue weighted by molar-refractivity contribution is 5.82. The van der Waals surface area contributed by atoms with Gasteiger partial charge < -0.3 is 9.88 Å². The van der Waals surface area contributed by atoms with Gasteiger partial charge in [-0.15, -0.1) is 0 Å². The van der Waals surface area contributed by atoms with Crippen molar-refractivity contribution in [2.75, 3.05) is 12.4 Å². The predicted octanol–water partition coefficient (Wildman–Crippen LogP) is 3.47. The second-order valence-corrected chi connectivity index (χ2v) is 5.18. The number of benzene rings is 1. The molecule has 3 aromatic rings. The maximum absolute atomic E-state index is 4.81. The van der Waals surface area contributed by atoms with Gasteiger partial charge in [0, 0.05) is 30.5 Å². The summed E-state index contributed by atoms with van der Waals surface area (Å²) in [7, 11) is 1.95. The smallest absolute Gasteiger partial charge is 0.160 e. The van der Waals surface area contributed by atoms with Gasteiger partial charge >= 0.3 is 0 Å². The van der Waals surface area contributed by atoms with Gasteiger partial charge in [-0.05, 0) is 37.1 Å². The summed E-state index contributed by atoms with van der Waals surface area (Å²) in [5, 5.41) is 3.25. The Morgan fingerprint density at radius 1 is 1.15 bits per heavy atom. The Bertz CT molecular complexity index is 771. The standard InChI is InChI=1S/C16H16N4/c1-17-13-6-3-2-5-12(13)15-19-14-7-4-10-18-16(14)20(15)11-8-9-11/h2-7,10-11,17H,8-9H2,1H3. The maximum atomic E-state index is 4.81. The lowest BCUT2D eigenvalue weighted by molar-refractivity contribution is 0.767. The van der Waals surface area contributed by atoms with Crippen LogP contribution in [0.25, 0.3) is 22.6 Å². The van der Waals surface area contributed by atoms with Crippen molar-refractivity contribution < 1.29 is 0 Å². The van der Waals surface area contributed by atoms with Crippen LogP contribution in [-0.2, 0) is 0 Å². The van der Waals surface area contributed by atoms with Crippen LogP contribution < -0.4 is 5.32 Å². The molecule has 0 aliphatic heterocycles. The third kappa shape index (κ3) is 1.68. The lowest BCUT2D eigenvalue weighted by Crippen LogP contribution is -2.00. The van der Waals surface area contributed by atoms with Gasteiger partial charge in [0.05, 0.1) is 0 Å². The molecule has 1 aromatic carbocycles. The molecule has 0 bridgehead atoms. The number of hydrogen-bond donors (Lipinski definition) is 1. The first kappa shape index (κ1) is 11.5. The highest BCUT2D eigenvalue weighted by Crippen LogP contribution is 2.41. The fraction of sp³-hybridized carbons (Fsp3) is 0.250. The number of nitrogens with zero attached hydrogens (tertiary/aromatic N) is 3. The number of anilines is 1. The van der Waals surface area contributed by atoms with Gasteiger partial charge in [0.15, 0.2) is 5.65 Å². The molecule has 0 unspecified atom stereocenters. The van der Waals surface area contributed by atoms with Crippen LogP contribution in [0.3, 0.4) is 0 Å². The molecule has 1 aliphatic rings. The number of hydrogen-bond acceptors (Lipinski definition) is 3. The molecule has 1 saturated carbocycles. The fourth-order valence-electron chi connectivity index (χ4n) is 2.69. The largest absolute Gasteiger partial charge is 0.388 e. The number of rotatable bonds is 3. The minimum Gasteiger partial charge on any atom is -0.388 e. The van der Waals surface area contributed by atoms with Crippen molar-refractivity contribution in [3.05, 3.63) is 42.6 Å². The van der Waals surface area contributed by atoms with Crippen LogP contribution in [0.1, 0.15) is 18.9 Å². The Morgan fingerprint density at radius 2 is 2.00 bits per heavy atom. The van der Waals surface area contributed by atoms with Crippen LogP contribution in [0.15, 0.2) is 42.6 Å². The molecule has 0 saturated heterocycles. The summed E-state index contributed by atoms with van der Waals surface area (Å²) < 4.78 is 2.30. The average Bonchev–Trinajstić information content (AvgIpc) is 3.27. The molecule has 4 rings (SSSR count). The number of imidazole rings is 1. The van der Waals surface area contributed by atoms with Gasteiger partial charge in [0.25, 0.3) is 0 Å². The molecular formula is C16H16N4. The van der Waals surface area contributed by atoms with Crippen molar-refractivity contribution >= 4 is 16.9 Å². The second-order valence-electron chi connectivity index (χ2n) is 5.18. The zero-order chi connectivity index (χ0) is 13.5. The van der Waals surface area contributed by atoms with Gasteiger partial charge in [-0.3, -0.25) is 0 Å². The van der Waals surface area contributed by atoms with Crippen LogP contribution >= 0.6 is 0 Å². The van der Waals surface area contributed by atoms with Crippen molar-refractivity contribution in [1.82, 2.24) is 14.5 Å². The summed E-state index contributed by atoms with van der Waals surface area (Å²) in [4.78, 5) is 9.34. The first-order chi connectivity index (χ1) is 9.88. The van der Waals surface area contributed by atoms with Gasteiger partial charge in [-0.1, -0.05) is 12.1 Å². The lowest BCUT2D eigenvalue weighted by Gasteiger charge is -2.11. The number of nitrogens with one attached hydrogen (secondary N) is 1. The maximum Gasteiger partial charge on any atom is 0.160 e. The zero-order valence-electron chi connectivity index (χ0n) is 11.4. The SMILES string of the molecule is CNc1ccccc1-c1nc2cccnc2n1C1CC1. The highest BCUT2D eigenvalue weighted by atomic mass is 15.2. The van der Waals surface area contributed by atoms with E-state index in [2.05, 4.69) is 33.1 Å². The van der Waals surface area contributed by atoms with E-state index in [1.165, 1.54) is 12.8 Å². The van der Waals surface area contributed by atoms with Crippen LogP contribution in [-0.4, -0.2) is 21.6 Å². The number of pyridine rings is 1. The number of fused-ring (bicyclic) bond motifs is 1. The van der Waals surface area contributed by atoms with Crippen molar-refractivity contribution in [3.63, 3.8) is 0 Å². The molecular weight excluding hydrogens is 248 g/mol. The Hall–Kier alpha value is -2.36. The van der Waals surface area contributed by atoms with Crippen LogP contribution in [0, 0.1) is 0 Å². The van der Waals surface area contributed by atoms with E-state index in [1.54, 1.807) is 0 Å². The van der Waals surface area contributed by atoms with E-state index in [0.29, 0.717) is 6.04 Å². The summed E-state index contributed by atoms with van der Waals surface area (Å²) in [6, 6.07) is 12.8. The van der Waals surface area contributed by atoms with Crippen LogP contribution in [0.2, 0.25) is 0 Å². The summed E-state index contributed by atoms with van der Waals surface area (Å²) in [5.41, 5.74) is 4.21. The van der Waals surface area contributed by atoms with E-state index < -0.39 is 0 Å². The van der Waals surface area contributed by atoms with Crippen molar-refractivity contribution in [2.24, 2.45) is 0 Å². The summed E-state index contributed by atoms with van der Waals surface area (Å²) >= 11 is 0. The first-order valence-corrected chi connectivity index (χ1v) is 6.98. The molecule has 100 valence electrons. The third-order valence-electron chi connectivity index (χ3n) is 3.80. The summed E-state index contributed by atoms with van der Waals surface area (Å²) in [6.07, 6.45) is 4.28. The van der Waals surface area contributed by atoms with E-state index in [1.807, 2.05) is 31.4 Å². The number of para-hydroxylation sites is 1. The number of aromatic nitrogens is 3. The predicted molar refractivity (Wildman–Crippen MR) is 80.8 cm³/mol. The van der Waals surface area contributed by atoms with Crippen LogP contribution in [0.4, 0.5) is 5.69 Å². The normalized spacial score (nSPS) is 14.7. The van der Waals surface area contributed by atoms with Gasteiger partial charge in [0.2, 0.25) is 0 Å². The zero-order valence-corrected chi connectivity index (χ0v) is 11.4. The molecule has 0 atom stereocenters. The molecule has 1 N–H and O–H groups in total. The molecule has 0 spiro atoms. The lowest BCUT2D eigenvalue weighted by atomic mass is 10.1. The molecule has 4 heteroatoms. The van der Waals surface area contributed by atoms with Gasteiger partial charge in [-0.2, -0.15) is 0 Å². The molecule has 2 aromatic heterocycles. The molecule has 0 radical (unpaired) electrons. The van der Waals surface area contributed by atoms with E-state index in [-0.39, 0.29) is 0 Å². The average molecular weight is 264 g/mol. The van der Waals surface area contributed by atoms with Gasteiger partial charge in [-0.25, -0.2) is 9.97 Å². The Balaban J connectivity index is 2.01. The Kier molecular flexibility index (Phi) is 2.49. The summed E-state index contributed by atoms with van der Waals surface area (Å²) in [6.45, 7) is 0. The monoisotopic (exact) mass is 264 g/mol. The van der Waals surface area contributed by atoms with Crippen molar-refractivity contribution in [1.29, 1.82) is 0 Å². The Morgan fingerprint density at radius 3 is 2.80 bits per heavy atom. The highest BCUT2D eigenvalue weighted by Gasteiger charge is 2.29. The quantitative estimate of drug-likeness (QED) is 0.787. The Labute approximate surface area is 117 Å². The molecule has 0 amide bonds. The van der Waals surface area contributed by atoms with E-state index in [9.17, 15) is 0 Å². The third-order valence-corrected chi connectivity index (χ3v) is 3.80. The van der Waals surface area contributed by atoms with Gasteiger partial charge in [0.1, 0.15) is 11.3 Å². The van der Waals surface area contributed by atoms with E-state index in [4.69, 9.17) is 4.98 Å². The van der Waals surface area contributed by atoms with E-state index >= 15 is 0 Å². The molecule has 2 heterocycles. The van der Waals surface area contributed by atoms with Crippen molar-refractivity contribution in [2.45, 2.75) is 18.9 Å². The second kappa shape index (κ2) is 4.34. The van der Waals surface area contributed by atoms with Crippen LogP contribution in [0.5, 0.6) is 0 Å². The molecule has 20 heavy (non-hydrogen) atoms. The molecule has 1 aliphatic carbocycles. The topological polar surface area (TPSA) is 42.7 Å². The first-order valence-electron chi connectivity index (χ1n) is 6.98.